The van der Waals surface area contributed by atoms with E-state index in [0.29, 0.717) is 6.04 Å². The Hall–Kier alpha value is -1.41. The third kappa shape index (κ3) is 4.04. The fraction of sp³-hybridized carbons (Fsp3) is 0.526. The van der Waals surface area contributed by atoms with Gasteiger partial charge in [-0.3, -0.25) is 4.98 Å². The second kappa shape index (κ2) is 8.14. The molecule has 0 saturated heterocycles. The number of benzene rings is 1. The molecule has 0 aliphatic rings. The summed E-state index contributed by atoms with van der Waals surface area (Å²) < 4.78 is 0. The summed E-state index contributed by atoms with van der Waals surface area (Å²) in [7, 11) is 2.08. The van der Waals surface area contributed by atoms with Crippen LogP contribution in [-0.4, -0.2) is 12.0 Å². The minimum absolute atomic E-state index is 0.416. The first kappa shape index (κ1) is 16.0. The fourth-order valence-corrected chi connectivity index (χ4v) is 3.14. The zero-order valence-corrected chi connectivity index (χ0v) is 13.6. The van der Waals surface area contributed by atoms with Crippen molar-refractivity contribution in [3.05, 3.63) is 42.1 Å². The number of aromatic nitrogens is 1. The van der Waals surface area contributed by atoms with Crippen LogP contribution in [0.4, 0.5) is 0 Å². The maximum absolute atomic E-state index is 4.48. The molecule has 2 unspecified atom stereocenters. The van der Waals surface area contributed by atoms with E-state index in [0.717, 1.165) is 11.4 Å². The number of nitrogens with one attached hydrogen (secondary N) is 1. The lowest BCUT2D eigenvalue weighted by Gasteiger charge is -2.24. The molecule has 114 valence electrons. The lowest BCUT2D eigenvalue weighted by atomic mass is 9.88. The molecule has 0 spiro atoms. The Morgan fingerprint density at radius 3 is 2.67 bits per heavy atom. The first-order valence-electron chi connectivity index (χ1n) is 8.31. The Kier molecular flexibility index (Phi) is 6.19. The van der Waals surface area contributed by atoms with Crippen molar-refractivity contribution in [3.63, 3.8) is 0 Å². The smallest absolute Gasteiger partial charge is 0.0705 e. The van der Waals surface area contributed by atoms with E-state index >= 15 is 0 Å². The minimum Gasteiger partial charge on any atom is -0.313 e. The minimum atomic E-state index is 0.416. The monoisotopic (exact) mass is 284 g/mol. The van der Waals surface area contributed by atoms with Crippen LogP contribution in [0.25, 0.3) is 10.9 Å². The quantitative estimate of drug-likeness (QED) is 0.729. The molecule has 0 bridgehead atoms. The van der Waals surface area contributed by atoms with Crippen molar-refractivity contribution in [1.29, 1.82) is 0 Å². The standard InChI is InChI=1S/C19H28N2/c1-4-6-9-15(5-2)14-19(20-3)17-12-13-21-18-11-8-7-10-16(17)18/h7-8,10-13,15,19-20H,4-6,9,14H2,1-3H3. The van der Waals surface area contributed by atoms with Crippen molar-refractivity contribution in [2.75, 3.05) is 7.05 Å². The van der Waals surface area contributed by atoms with Crippen LogP contribution < -0.4 is 5.32 Å². The summed E-state index contributed by atoms with van der Waals surface area (Å²) >= 11 is 0. The molecule has 21 heavy (non-hydrogen) atoms. The molecule has 1 heterocycles. The Bertz CT molecular complexity index is 545. The van der Waals surface area contributed by atoms with E-state index in [-0.39, 0.29) is 0 Å². The van der Waals surface area contributed by atoms with Crippen molar-refractivity contribution in [2.24, 2.45) is 5.92 Å². The predicted molar refractivity (Wildman–Crippen MR) is 91.5 cm³/mol. The van der Waals surface area contributed by atoms with Gasteiger partial charge in [-0.2, -0.15) is 0 Å². The van der Waals surface area contributed by atoms with Crippen LogP contribution in [0.15, 0.2) is 36.5 Å². The molecule has 0 fully saturated rings. The van der Waals surface area contributed by atoms with E-state index < -0.39 is 0 Å². The van der Waals surface area contributed by atoms with Gasteiger partial charge in [-0.25, -0.2) is 0 Å². The number of nitrogens with zero attached hydrogens (tertiary/aromatic N) is 1. The van der Waals surface area contributed by atoms with Crippen LogP contribution in [0.1, 0.15) is 57.6 Å². The van der Waals surface area contributed by atoms with Gasteiger partial charge in [0.05, 0.1) is 5.52 Å². The van der Waals surface area contributed by atoms with Crippen molar-refractivity contribution in [2.45, 2.75) is 52.0 Å². The third-order valence-corrected chi connectivity index (χ3v) is 4.52. The van der Waals surface area contributed by atoms with E-state index in [2.05, 4.69) is 61.5 Å². The van der Waals surface area contributed by atoms with Crippen LogP contribution in [0.3, 0.4) is 0 Å². The molecule has 0 radical (unpaired) electrons. The summed E-state index contributed by atoms with van der Waals surface area (Å²) in [5.41, 5.74) is 2.48. The number of hydrogen-bond acceptors (Lipinski definition) is 2. The summed E-state index contributed by atoms with van der Waals surface area (Å²) in [6, 6.07) is 11.0. The number of para-hydroxylation sites is 1. The van der Waals surface area contributed by atoms with E-state index in [4.69, 9.17) is 0 Å². The summed E-state index contributed by atoms with van der Waals surface area (Å²) in [6.07, 6.45) is 8.39. The molecule has 1 aromatic carbocycles. The van der Waals surface area contributed by atoms with Crippen molar-refractivity contribution in [3.8, 4) is 0 Å². The van der Waals surface area contributed by atoms with Crippen molar-refractivity contribution >= 4 is 10.9 Å². The highest BCUT2D eigenvalue weighted by Crippen LogP contribution is 2.30. The van der Waals surface area contributed by atoms with Gasteiger partial charge in [0.2, 0.25) is 0 Å². The second-order valence-corrected chi connectivity index (χ2v) is 5.91. The van der Waals surface area contributed by atoms with Gasteiger partial charge in [0.25, 0.3) is 0 Å². The maximum Gasteiger partial charge on any atom is 0.0705 e. The molecule has 0 aliphatic heterocycles. The summed E-state index contributed by atoms with van der Waals surface area (Å²) in [4.78, 5) is 4.48. The molecule has 0 aliphatic carbocycles. The van der Waals surface area contributed by atoms with Gasteiger partial charge < -0.3 is 5.32 Å². The van der Waals surface area contributed by atoms with Crippen molar-refractivity contribution in [1.82, 2.24) is 10.3 Å². The topological polar surface area (TPSA) is 24.9 Å². The van der Waals surface area contributed by atoms with Gasteiger partial charge >= 0.3 is 0 Å². The highest BCUT2D eigenvalue weighted by Gasteiger charge is 2.17. The van der Waals surface area contributed by atoms with E-state index in [9.17, 15) is 0 Å². The Balaban J connectivity index is 2.22. The average molecular weight is 284 g/mol. The van der Waals surface area contributed by atoms with Gasteiger partial charge in [-0.15, -0.1) is 0 Å². The number of rotatable bonds is 8. The molecular weight excluding hydrogens is 256 g/mol. The first-order chi connectivity index (χ1) is 10.3. The van der Waals surface area contributed by atoms with Crippen LogP contribution in [0, 0.1) is 5.92 Å². The van der Waals surface area contributed by atoms with Crippen LogP contribution in [-0.2, 0) is 0 Å². The fourth-order valence-electron chi connectivity index (χ4n) is 3.14. The predicted octanol–water partition coefficient (Wildman–Crippen LogP) is 5.10. The van der Waals surface area contributed by atoms with Crippen LogP contribution >= 0.6 is 0 Å². The largest absolute Gasteiger partial charge is 0.313 e. The van der Waals surface area contributed by atoms with E-state index in [1.165, 1.54) is 43.1 Å². The lowest BCUT2D eigenvalue weighted by Crippen LogP contribution is -2.20. The normalized spacial score (nSPS) is 14.2. The Labute approximate surface area is 129 Å². The molecule has 2 heteroatoms. The highest BCUT2D eigenvalue weighted by molar-refractivity contribution is 5.82. The SMILES string of the molecule is CCCCC(CC)CC(NC)c1ccnc2ccccc12. The molecule has 1 N–H and O–H groups in total. The number of fused-ring (bicyclic) bond motifs is 1. The second-order valence-electron chi connectivity index (χ2n) is 5.91. The molecule has 1 aromatic heterocycles. The number of pyridine rings is 1. The summed E-state index contributed by atoms with van der Waals surface area (Å²) in [6.45, 7) is 4.59. The maximum atomic E-state index is 4.48. The van der Waals surface area contributed by atoms with Crippen LogP contribution in [0.2, 0.25) is 0 Å². The van der Waals surface area contributed by atoms with Crippen LogP contribution in [0.5, 0.6) is 0 Å². The third-order valence-electron chi connectivity index (χ3n) is 4.52. The molecule has 0 saturated carbocycles. The molecule has 0 amide bonds. The van der Waals surface area contributed by atoms with Crippen molar-refractivity contribution < 1.29 is 0 Å². The zero-order chi connectivity index (χ0) is 15.1. The molecule has 2 aromatic rings. The zero-order valence-electron chi connectivity index (χ0n) is 13.6. The van der Waals surface area contributed by atoms with Gasteiger partial charge in [-0.05, 0) is 37.1 Å². The first-order valence-corrected chi connectivity index (χ1v) is 8.31. The van der Waals surface area contributed by atoms with Gasteiger partial charge in [0.15, 0.2) is 0 Å². The molecule has 2 nitrogen and oxygen atoms in total. The number of unbranched alkanes of at least 4 members (excludes halogenated alkanes) is 1. The van der Waals surface area contributed by atoms with Gasteiger partial charge in [-0.1, -0.05) is 57.7 Å². The summed E-state index contributed by atoms with van der Waals surface area (Å²) in [5.74, 6) is 0.800. The van der Waals surface area contributed by atoms with Gasteiger partial charge in [0, 0.05) is 17.6 Å². The highest BCUT2D eigenvalue weighted by atomic mass is 14.9. The Morgan fingerprint density at radius 1 is 1.14 bits per heavy atom. The molecule has 2 rings (SSSR count). The molecular formula is C19H28N2. The Morgan fingerprint density at radius 2 is 1.95 bits per heavy atom. The lowest BCUT2D eigenvalue weighted by molar-refractivity contribution is 0.366. The average Bonchev–Trinajstić information content (AvgIpc) is 2.55. The summed E-state index contributed by atoms with van der Waals surface area (Å²) in [5, 5.41) is 4.81. The molecule has 2 atom stereocenters. The van der Waals surface area contributed by atoms with E-state index in [1.807, 2.05) is 6.20 Å². The van der Waals surface area contributed by atoms with E-state index in [1.54, 1.807) is 0 Å². The number of hydrogen-bond donors (Lipinski definition) is 1. The van der Waals surface area contributed by atoms with Gasteiger partial charge in [0.1, 0.15) is 0 Å².